The summed E-state index contributed by atoms with van der Waals surface area (Å²) in [5.74, 6) is 0.930. The smallest absolute Gasteiger partial charge is 0.227 e. The number of anilines is 1. The minimum absolute atomic E-state index is 0.0546. The van der Waals surface area contributed by atoms with Gasteiger partial charge in [-0.1, -0.05) is 23.4 Å². The van der Waals surface area contributed by atoms with Gasteiger partial charge in [-0.15, -0.1) is 0 Å². The lowest BCUT2D eigenvalue weighted by molar-refractivity contribution is -0.117. The molecule has 1 aliphatic heterocycles. The van der Waals surface area contributed by atoms with Crippen molar-refractivity contribution < 1.29 is 9.59 Å². The zero-order valence-electron chi connectivity index (χ0n) is 10.2. The lowest BCUT2D eigenvalue weighted by Gasteiger charge is -2.17. The fourth-order valence-corrected chi connectivity index (χ4v) is 3.45. The molecule has 1 saturated heterocycles. The van der Waals surface area contributed by atoms with E-state index in [0.29, 0.717) is 28.5 Å². The molecule has 1 amide bonds. The van der Waals surface area contributed by atoms with Crippen LogP contribution in [0.1, 0.15) is 13.3 Å². The van der Waals surface area contributed by atoms with E-state index in [9.17, 15) is 9.59 Å². The molecule has 0 bridgehead atoms. The predicted octanol–water partition coefficient (Wildman–Crippen LogP) is 3.13. The lowest BCUT2D eigenvalue weighted by Crippen LogP contribution is -2.25. The summed E-state index contributed by atoms with van der Waals surface area (Å²) in [7, 11) is 0. The van der Waals surface area contributed by atoms with E-state index in [1.807, 2.05) is 0 Å². The normalized spacial score (nSPS) is 19.0. The molecule has 1 fully saturated rings. The topological polar surface area (TPSA) is 50.3 Å². The van der Waals surface area contributed by atoms with Crippen LogP contribution in [0, 0.1) is 5.92 Å². The second-order valence-corrected chi connectivity index (χ2v) is 6.66. The van der Waals surface area contributed by atoms with Gasteiger partial charge in [0.2, 0.25) is 5.91 Å². The molecule has 0 N–H and O–H groups in total. The number of carbonyl (C=O) groups is 2. The average molecular weight is 364 g/mol. The molecular weight excluding hydrogens is 352 g/mol. The van der Waals surface area contributed by atoms with Crippen molar-refractivity contribution in [3.8, 4) is 0 Å². The number of hydrogen-bond acceptors (Lipinski definition) is 4. The molecule has 1 unspecified atom stereocenters. The number of thioether (sulfide) groups is 1. The summed E-state index contributed by atoms with van der Waals surface area (Å²) in [6, 6.07) is 3.43. The highest BCUT2D eigenvalue weighted by Gasteiger charge is 2.32. The number of hydrogen-bond donors (Lipinski definition) is 0. The maximum absolute atomic E-state index is 12.0. The van der Waals surface area contributed by atoms with Gasteiger partial charge >= 0.3 is 0 Å². The Bertz CT molecular complexity index is 526. The molecule has 1 aliphatic rings. The molecule has 0 aliphatic carbocycles. The minimum Gasteiger partial charge on any atom is -0.310 e. The summed E-state index contributed by atoms with van der Waals surface area (Å²) >= 11 is 10.4. The van der Waals surface area contributed by atoms with Crippen LogP contribution in [0.5, 0.6) is 0 Å². The van der Waals surface area contributed by atoms with E-state index in [2.05, 4.69) is 20.9 Å². The highest BCUT2D eigenvalue weighted by Crippen LogP contribution is 2.32. The second-order valence-electron chi connectivity index (χ2n) is 4.32. The first-order valence-electron chi connectivity index (χ1n) is 5.73. The molecule has 2 rings (SSSR count). The van der Waals surface area contributed by atoms with E-state index >= 15 is 0 Å². The van der Waals surface area contributed by atoms with E-state index in [0.717, 1.165) is 5.69 Å². The van der Waals surface area contributed by atoms with Gasteiger partial charge in [0, 0.05) is 25.6 Å². The fraction of sp³-hybridized carbons (Fsp3) is 0.417. The fourth-order valence-electron chi connectivity index (χ4n) is 1.97. The van der Waals surface area contributed by atoms with Crippen molar-refractivity contribution in [1.29, 1.82) is 0 Å². The third kappa shape index (κ3) is 3.70. The predicted molar refractivity (Wildman–Crippen MR) is 80.5 cm³/mol. The average Bonchev–Trinajstić information content (AvgIpc) is 2.68. The lowest BCUT2D eigenvalue weighted by atomic mass is 10.1. The SMILES string of the molecule is CC(=O)SCC1CC(=O)N(c2ccc(Cl)nc2Br)C1. The molecule has 4 nitrogen and oxygen atoms in total. The van der Waals surface area contributed by atoms with Crippen molar-refractivity contribution in [2.24, 2.45) is 5.92 Å². The molecule has 1 aromatic heterocycles. The minimum atomic E-state index is 0.0546. The largest absolute Gasteiger partial charge is 0.310 e. The van der Waals surface area contributed by atoms with Gasteiger partial charge in [-0.2, -0.15) is 0 Å². The van der Waals surface area contributed by atoms with Crippen LogP contribution in [0.15, 0.2) is 16.7 Å². The molecule has 0 spiro atoms. The number of halogens is 2. The number of amides is 1. The van der Waals surface area contributed by atoms with E-state index in [4.69, 9.17) is 11.6 Å². The first-order valence-corrected chi connectivity index (χ1v) is 7.89. The Balaban J connectivity index is 2.09. The summed E-state index contributed by atoms with van der Waals surface area (Å²) in [6.45, 7) is 2.15. The molecule has 1 atom stereocenters. The molecule has 7 heteroatoms. The first kappa shape index (κ1) is 14.8. The summed E-state index contributed by atoms with van der Waals surface area (Å²) in [5.41, 5.74) is 0.727. The van der Waals surface area contributed by atoms with Gasteiger partial charge in [0.15, 0.2) is 5.12 Å². The van der Waals surface area contributed by atoms with Crippen molar-refractivity contribution in [1.82, 2.24) is 4.98 Å². The molecule has 0 aromatic carbocycles. The highest BCUT2D eigenvalue weighted by atomic mass is 79.9. The Kier molecular flexibility index (Phi) is 4.86. The Morgan fingerprint density at radius 2 is 2.37 bits per heavy atom. The molecule has 2 heterocycles. The van der Waals surface area contributed by atoms with Gasteiger partial charge < -0.3 is 4.90 Å². The van der Waals surface area contributed by atoms with Crippen LogP contribution in [0.25, 0.3) is 0 Å². The molecular formula is C12H12BrClN2O2S. The Morgan fingerprint density at radius 1 is 1.63 bits per heavy atom. The summed E-state index contributed by atoms with van der Waals surface area (Å²) in [5, 5.41) is 0.464. The molecule has 102 valence electrons. The second kappa shape index (κ2) is 6.24. The molecule has 1 aromatic rings. The van der Waals surface area contributed by atoms with Crippen LogP contribution in [0.4, 0.5) is 5.69 Å². The third-order valence-corrected chi connectivity index (χ3v) is 4.65. The zero-order valence-corrected chi connectivity index (χ0v) is 13.4. The van der Waals surface area contributed by atoms with Gasteiger partial charge in [-0.05, 0) is 34.0 Å². The Hall–Kier alpha value is -0.590. The van der Waals surface area contributed by atoms with Crippen LogP contribution < -0.4 is 4.90 Å². The van der Waals surface area contributed by atoms with E-state index in [1.165, 1.54) is 11.8 Å². The maximum atomic E-state index is 12.0. The van der Waals surface area contributed by atoms with Crippen LogP contribution in [-0.2, 0) is 9.59 Å². The van der Waals surface area contributed by atoms with Gasteiger partial charge in [0.1, 0.15) is 9.76 Å². The Morgan fingerprint density at radius 3 is 3.00 bits per heavy atom. The molecule has 0 radical (unpaired) electrons. The van der Waals surface area contributed by atoms with E-state index in [-0.39, 0.29) is 16.9 Å². The quantitative estimate of drug-likeness (QED) is 0.774. The van der Waals surface area contributed by atoms with Crippen LogP contribution >= 0.6 is 39.3 Å². The van der Waals surface area contributed by atoms with Crippen molar-refractivity contribution in [3.63, 3.8) is 0 Å². The van der Waals surface area contributed by atoms with Crippen molar-refractivity contribution in [3.05, 3.63) is 21.9 Å². The number of pyridine rings is 1. The molecule has 19 heavy (non-hydrogen) atoms. The number of nitrogens with zero attached hydrogens (tertiary/aromatic N) is 2. The van der Waals surface area contributed by atoms with E-state index < -0.39 is 0 Å². The molecule has 0 saturated carbocycles. The first-order chi connectivity index (χ1) is 8.97. The van der Waals surface area contributed by atoms with Gasteiger partial charge in [-0.3, -0.25) is 9.59 Å². The highest BCUT2D eigenvalue weighted by molar-refractivity contribution is 9.10. The standard InChI is InChI=1S/C12H12BrClN2O2S/c1-7(17)19-6-8-4-11(18)16(5-8)9-2-3-10(14)15-12(9)13/h2-3,8H,4-6H2,1H3. The van der Waals surface area contributed by atoms with Gasteiger partial charge in [0.25, 0.3) is 0 Å². The zero-order chi connectivity index (χ0) is 14.0. The number of aromatic nitrogens is 1. The van der Waals surface area contributed by atoms with Crippen molar-refractivity contribution in [2.45, 2.75) is 13.3 Å². The number of rotatable bonds is 3. The van der Waals surface area contributed by atoms with Crippen molar-refractivity contribution in [2.75, 3.05) is 17.2 Å². The van der Waals surface area contributed by atoms with Gasteiger partial charge in [0.05, 0.1) is 5.69 Å². The summed E-state index contributed by atoms with van der Waals surface area (Å²) < 4.78 is 0.563. The maximum Gasteiger partial charge on any atom is 0.227 e. The van der Waals surface area contributed by atoms with Crippen LogP contribution in [0.3, 0.4) is 0 Å². The van der Waals surface area contributed by atoms with Gasteiger partial charge in [-0.25, -0.2) is 4.98 Å². The summed E-state index contributed by atoms with van der Waals surface area (Å²) in [4.78, 5) is 28.7. The summed E-state index contributed by atoms with van der Waals surface area (Å²) in [6.07, 6.45) is 0.468. The van der Waals surface area contributed by atoms with Crippen molar-refractivity contribution >= 4 is 56.0 Å². The monoisotopic (exact) mass is 362 g/mol. The third-order valence-electron chi connectivity index (χ3n) is 2.81. The number of carbonyl (C=O) groups excluding carboxylic acids is 2. The van der Waals surface area contributed by atoms with Crippen LogP contribution in [-0.4, -0.2) is 28.3 Å². The van der Waals surface area contributed by atoms with E-state index in [1.54, 1.807) is 24.0 Å². The Labute approximate surface area is 129 Å². The van der Waals surface area contributed by atoms with Crippen LogP contribution in [0.2, 0.25) is 5.15 Å².